The van der Waals surface area contributed by atoms with Crippen molar-refractivity contribution in [2.24, 2.45) is 10.8 Å². The molecule has 1 atom stereocenters. The average molecular weight is 757 g/mol. The molecule has 0 radical (unpaired) electrons. The standard InChI is InChI=1S/C43H44N6O7/c1-23-13-30(10-9-25(23)17-44)56-41-42(2,3)40(43(41,4)5)45-36(52)24-7-8-26-18-47(19-27(26)14-24)22-35(51)48-20-28-15-31-32(16-29(28)21-48)38(54)49(37(31)53)33-11-12-34(50)46(6)39(33)55/h7-10,13-16,33,40-41H,11-12,18-22H2,1-6H3,(H,45,52)/t33?,40-,41-. The number of benzene rings is 3. The maximum absolute atomic E-state index is 13.7. The lowest BCUT2D eigenvalue weighted by Gasteiger charge is -2.63. The molecule has 1 unspecified atom stereocenters. The molecule has 1 saturated heterocycles. The third-order valence-electron chi connectivity index (χ3n) is 12.5. The number of hydrogen-bond donors (Lipinski definition) is 1. The Morgan fingerprint density at radius 1 is 0.857 bits per heavy atom. The topological polar surface area (TPSA) is 160 Å². The fourth-order valence-electron chi connectivity index (χ4n) is 9.75. The Labute approximate surface area is 325 Å². The first-order valence-electron chi connectivity index (χ1n) is 18.9. The summed E-state index contributed by atoms with van der Waals surface area (Å²) in [6.45, 7) is 12.1. The van der Waals surface area contributed by atoms with Crippen LogP contribution >= 0.6 is 0 Å². The number of carbonyl (C=O) groups is 6. The van der Waals surface area contributed by atoms with Crippen LogP contribution in [-0.4, -0.2) is 86.8 Å². The molecule has 288 valence electrons. The minimum atomic E-state index is -1.02. The predicted molar refractivity (Wildman–Crippen MR) is 202 cm³/mol. The highest BCUT2D eigenvalue weighted by Gasteiger charge is 2.64. The van der Waals surface area contributed by atoms with Gasteiger partial charge in [0.1, 0.15) is 17.9 Å². The van der Waals surface area contributed by atoms with Crippen LogP contribution in [0, 0.1) is 29.1 Å². The van der Waals surface area contributed by atoms with E-state index in [0.29, 0.717) is 43.1 Å². The predicted octanol–water partition coefficient (Wildman–Crippen LogP) is 4.08. The summed E-state index contributed by atoms with van der Waals surface area (Å²) in [4.78, 5) is 84.6. The molecule has 6 amide bonds. The Hall–Kier alpha value is -5.87. The van der Waals surface area contributed by atoms with Gasteiger partial charge in [-0.1, -0.05) is 33.8 Å². The van der Waals surface area contributed by atoms with Gasteiger partial charge in [-0.2, -0.15) is 5.26 Å². The molecule has 3 aromatic carbocycles. The molecule has 1 N–H and O–H groups in total. The Morgan fingerprint density at radius 3 is 2.11 bits per heavy atom. The number of hydrogen-bond acceptors (Lipinski definition) is 9. The third kappa shape index (κ3) is 5.85. The fourth-order valence-corrected chi connectivity index (χ4v) is 9.75. The Kier molecular flexibility index (Phi) is 8.69. The highest BCUT2D eigenvalue weighted by molar-refractivity contribution is 6.23. The number of nitrogens with zero attached hydrogens (tertiary/aromatic N) is 5. The van der Waals surface area contributed by atoms with Gasteiger partial charge in [0.2, 0.25) is 11.8 Å². The molecule has 56 heavy (non-hydrogen) atoms. The Bertz CT molecular complexity index is 2260. The van der Waals surface area contributed by atoms with E-state index in [4.69, 9.17) is 4.74 Å². The molecule has 0 aromatic heterocycles. The lowest BCUT2D eigenvalue weighted by Crippen LogP contribution is -2.74. The molecule has 8 rings (SSSR count). The van der Waals surface area contributed by atoms with Crippen LogP contribution in [-0.2, 0) is 40.6 Å². The molecule has 1 saturated carbocycles. The minimum Gasteiger partial charge on any atom is -0.489 e. The van der Waals surface area contributed by atoms with E-state index in [0.717, 1.165) is 37.6 Å². The molecule has 5 aliphatic rings. The van der Waals surface area contributed by atoms with E-state index in [9.17, 15) is 34.0 Å². The second-order valence-corrected chi connectivity index (χ2v) is 17.0. The monoisotopic (exact) mass is 756 g/mol. The summed E-state index contributed by atoms with van der Waals surface area (Å²) in [7, 11) is 1.36. The molecule has 4 aliphatic heterocycles. The zero-order valence-electron chi connectivity index (χ0n) is 32.4. The summed E-state index contributed by atoms with van der Waals surface area (Å²) in [5.74, 6) is -1.59. The van der Waals surface area contributed by atoms with Crippen molar-refractivity contribution in [3.05, 3.63) is 98.6 Å². The zero-order chi connectivity index (χ0) is 40.0. The van der Waals surface area contributed by atoms with E-state index >= 15 is 0 Å². The third-order valence-corrected chi connectivity index (χ3v) is 12.5. The van der Waals surface area contributed by atoms with Crippen molar-refractivity contribution < 1.29 is 33.5 Å². The molecule has 1 aliphatic carbocycles. The van der Waals surface area contributed by atoms with Crippen LogP contribution in [0.5, 0.6) is 5.75 Å². The van der Waals surface area contributed by atoms with Crippen LogP contribution < -0.4 is 10.1 Å². The first-order chi connectivity index (χ1) is 26.5. The number of nitriles is 1. The summed E-state index contributed by atoms with van der Waals surface area (Å²) >= 11 is 0. The number of likely N-dealkylation sites (tertiary alicyclic amines) is 1. The van der Waals surface area contributed by atoms with Crippen molar-refractivity contribution >= 4 is 35.4 Å². The normalized spacial score (nSPS) is 23.4. The van der Waals surface area contributed by atoms with Gasteiger partial charge in [0.25, 0.3) is 23.6 Å². The largest absolute Gasteiger partial charge is 0.489 e. The number of imide groups is 2. The summed E-state index contributed by atoms with van der Waals surface area (Å²) in [5.41, 5.74) is 5.30. The SMILES string of the molecule is Cc1cc(O[C@H]2C(C)(C)[C@H](NC(=O)c3ccc4c(c3)CN(CC(=O)N3Cc5cc6c(cc5C3)C(=O)N(C3CCC(=O)N(C)C3=O)C6=O)C4)C2(C)C)ccc1C#N. The first-order valence-corrected chi connectivity index (χ1v) is 18.9. The first kappa shape index (κ1) is 37.1. The van der Waals surface area contributed by atoms with Gasteiger partial charge in [-0.3, -0.25) is 43.5 Å². The number of likely N-dealkylation sites (N-methyl/N-ethyl adjacent to an activating group) is 1. The highest BCUT2D eigenvalue weighted by Crippen LogP contribution is 2.55. The van der Waals surface area contributed by atoms with Gasteiger partial charge in [-0.15, -0.1) is 0 Å². The van der Waals surface area contributed by atoms with Gasteiger partial charge in [-0.05, 0) is 83.6 Å². The number of ether oxygens (including phenoxy) is 1. The molecule has 3 aromatic rings. The highest BCUT2D eigenvalue weighted by atomic mass is 16.5. The zero-order valence-corrected chi connectivity index (χ0v) is 32.4. The number of amides is 6. The number of piperidine rings is 1. The van der Waals surface area contributed by atoms with E-state index < -0.39 is 23.8 Å². The van der Waals surface area contributed by atoms with Crippen LogP contribution in [0.15, 0.2) is 48.5 Å². The molecule has 2 fully saturated rings. The van der Waals surface area contributed by atoms with E-state index in [1.165, 1.54) is 7.05 Å². The minimum absolute atomic E-state index is 0.0733. The number of carbonyl (C=O) groups excluding carboxylic acids is 6. The van der Waals surface area contributed by atoms with Gasteiger partial charge in [-0.25, -0.2) is 0 Å². The molecule has 4 heterocycles. The quantitative estimate of drug-likeness (QED) is 0.351. The van der Waals surface area contributed by atoms with Crippen molar-refractivity contribution in [1.82, 2.24) is 24.9 Å². The number of aryl methyl sites for hydroxylation is 1. The Balaban J connectivity index is 0.873. The molecule has 0 bridgehead atoms. The van der Waals surface area contributed by atoms with Gasteiger partial charge >= 0.3 is 0 Å². The van der Waals surface area contributed by atoms with Crippen LogP contribution in [0.25, 0.3) is 0 Å². The van der Waals surface area contributed by atoms with Crippen molar-refractivity contribution in [1.29, 1.82) is 5.26 Å². The van der Waals surface area contributed by atoms with Crippen molar-refractivity contribution in [2.45, 2.75) is 91.8 Å². The fraction of sp³-hybridized carbons (Fsp3) is 0.419. The van der Waals surface area contributed by atoms with Crippen LogP contribution in [0.4, 0.5) is 0 Å². The van der Waals surface area contributed by atoms with Gasteiger partial charge in [0.05, 0.1) is 29.3 Å². The van der Waals surface area contributed by atoms with Crippen LogP contribution in [0.3, 0.4) is 0 Å². The van der Waals surface area contributed by atoms with E-state index in [1.807, 2.05) is 42.2 Å². The summed E-state index contributed by atoms with van der Waals surface area (Å²) in [6, 6.07) is 15.5. The maximum atomic E-state index is 13.7. The Morgan fingerprint density at radius 2 is 1.48 bits per heavy atom. The van der Waals surface area contributed by atoms with Crippen molar-refractivity contribution in [3.63, 3.8) is 0 Å². The van der Waals surface area contributed by atoms with Crippen molar-refractivity contribution in [3.8, 4) is 11.8 Å². The van der Waals surface area contributed by atoms with E-state index in [2.05, 4.69) is 39.1 Å². The average Bonchev–Trinajstić information content (AvgIpc) is 3.84. The molecular weight excluding hydrogens is 713 g/mol. The van der Waals surface area contributed by atoms with Crippen LogP contribution in [0.1, 0.15) is 105 Å². The van der Waals surface area contributed by atoms with E-state index in [1.54, 1.807) is 23.1 Å². The molecule has 13 nitrogen and oxygen atoms in total. The number of fused-ring (bicyclic) bond motifs is 3. The molecule has 13 heteroatoms. The van der Waals surface area contributed by atoms with Gasteiger partial charge in [0, 0.05) is 62.1 Å². The second kappa shape index (κ2) is 13.1. The van der Waals surface area contributed by atoms with Gasteiger partial charge < -0.3 is 15.0 Å². The number of nitrogens with one attached hydrogen (secondary N) is 1. The van der Waals surface area contributed by atoms with E-state index in [-0.39, 0.29) is 71.2 Å². The summed E-state index contributed by atoms with van der Waals surface area (Å²) in [5, 5.41) is 12.6. The van der Waals surface area contributed by atoms with Crippen molar-refractivity contribution in [2.75, 3.05) is 13.6 Å². The summed E-state index contributed by atoms with van der Waals surface area (Å²) in [6.07, 6.45) is -0.00208. The smallest absolute Gasteiger partial charge is 0.262 e. The lowest BCUT2D eigenvalue weighted by atomic mass is 9.49. The molecular formula is C43H44N6O7. The maximum Gasteiger partial charge on any atom is 0.262 e. The lowest BCUT2D eigenvalue weighted by molar-refractivity contribution is -0.164. The second-order valence-electron chi connectivity index (χ2n) is 17.0. The molecule has 0 spiro atoms. The van der Waals surface area contributed by atoms with Crippen LogP contribution in [0.2, 0.25) is 0 Å². The number of rotatable bonds is 7. The summed E-state index contributed by atoms with van der Waals surface area (Å²) < 4.78 is 6.45. The van der Waals surface area contributed by atoms with Gasteiger partial charge in [0.15, 0.2) is 0 Å².